The fourth-order valence-corrected chi connectivity index (χ4v) is 1.50. The summed E-state index contributed by atoms with van der Waals surface area (Å²) in [5, 5.41) is 0. The lowest BCUT2D eigenvalue weighted by atomic mass is 10.4. The van der Waals surface area contributed by atoms with Gasteiger partial charge in [-0.1, -0.05) is 0 Å². The molecular formula is C8H14N2. The molecule has 0 atom stereocenters. The summed E-state index contributed by atoms with van der Waals surface area (Å²) >= 11 is 0. The zero-order valence-electron chi connectivity index (χ0n) is 6.27. The van der Waals surface area contributed by atoms with E-state index in [-0.39, 0.29) is 0 Å². The number of rotatable bonds is 1. The van der Waals surface area contributed by atoms with E-state index in [4.69, 9.17) is 5.73 Å². The van der Waals surface area contributed by atoms with Crippen LogP contribution in [0.4, 0.5) is 0 Å². The number of nitrogens with two attached hydrogens (primary N) is 1. The lowest BCUT2D eigenvalue weighted by Crippen LogP contribution is -2.24. The summed E-state index contributed by atoms with van der Waals surface area (Å²) in [5.41, 5.74) is 7.38. The van der Waals surface area contributed by atoms with Gasteiger partial charge in [0.25, 0.3) is 0 Å². The lowest BCUT2D eigenvalue weighted by Gasteiger charge is -2.16. The highest BCUT2D eigenvalue weighted by molar-refractivity contribution is 5.22. The van der Waals surface area contributed by atoms with Crippen molar-refractivity contribution in [1.29, 1.82) is 0 Å². The van der Waals surface area contributed by atoms with Gasteiger partial charge in [-0.2, -0.15) is 0 Å². The first-order chi connectivity index (χ1) is 4.88. The molecule has 2 N–H and O–H groups in total. The number of allylic oxidation sites excluding steroid dienone is 1. The van der Waals surface area contributed by atoms with Crippen molar-refractivity contribution in [3.63, 3.8) is 0 Å². The third-order valence-electron chi connectivity index (χ3n) is 2.31. The van der Waals surface area contributed by atoms with Gasteiger partial charge in [-0.25, -0.2) is 0 Å². The molecule has 2 nitrogen and oxygen atoms in total. The molecule has 56 valence electrons. The number of likely N-dealkylation sites (tertiary alicyclic amines) is 1. The smallest absolute Gasteiger partial charge is 0.0978 e. The molecule has 0 unspecified atom stereocenters. The monoisotopic (exact) mass is 138 g/mol. The molecular weight excluding hydrogens is 124 g/mol. The molecule has 0 spiro atoms. The fraction of sp³-hybridized carbons (Fsp3) is 0.750. The molecule has 0 bridgehead atoms. The SMILES string of the molecule is NC(=C1CC1)N1CCCC1. The molecule has 1 aliphatic heterocycles. The Balaban J connectivity index is 2.03. The van der Waals surface area contributed by atoms with Crippen LogP contribution in [0.2, 0.25) is 0 Å². The average Bonchev–Trinajstić information content (AvgIpc) is 2.65. The van der Waals surface area contributed by atoms with Crippen molar-refractivity contribution in [1.82, 2.24) is 4.90 Å². The van der Waals surface area contributed by atoms with Crippen LogP contribution >= 0.6 is 0 Å². The molecule has 1 heterocycles. The number of hydrogen-bond donors (Lipinski definition) is 1. The number of hydrogen-bond acceptors (Lipinski definition) is 2. The highest BCUT2D eigenvalue weighted by Gasteiger charge is 2.21. The molecule has 2 aliphatic rings. The largest absolute Gasteiger partial charge is 0.385 e. The Bertz CT molecular complexity index is 160. The fourth-order valence-electron chi connectivity index (χ4n) is 1.50. The first kappa shape index (κ1) is 6.08. The van der Waals surface area contributed by atoms with Crippen molar-refractivity contribution in [3.05, 3.63) is 11.4 Å². The van der Waals surface area contributed by atoms with Crippen molar-refractivity contribution in [3.8, 4) is 0 Å². The molecule has 0 aromatic heterocycles. The van der Waals surface area contributed by atoms with Crippen LogP contribution in [-0.2, 0) is 0 Å². The molecule has 1 saturated carbocycles. The van der Waals surface area contributed by atoms with Crippen LogP contribution in [0.5, 0.6) is 0 Å². The van der Waals surface area contributed by atoms with Gasteiger partial charge in [0.1, 0.15) is 0 Å². The van der Waals surface area contributed by atoms with E-state index in [1.165, 1.54) is 44.3 Å². The van der Waals surface area contributed by atoms with Crippen LogP contribution in [-0.4, -0.2) is 18.0 Å². The first-order valence-electron chi connectivity index (χ1n) is 4.10. The van der Waals surface area contributed by atoms with Gasteiger partial charge in [-0.15, -0.1) is 0 Å². The highest BCUT2D eigenvalue weighted by atomic mass is 15.2. The molecule has 1 aliphatic carbocycles. The summed E-state index contributed by atoms with van der Waals surface area (Å²) < 4.78 is 0. The van der Waals surface area contributed by atoms with E-state index in [0.717, 1.165) is 5.82 Å². The summed E-state index contributed by atoms with van der Waals surface area (Å²) in [6.07, 6.45) is 5.16. The zero-order valence-corrected chi connectivity index (χ0v) is 6.27. The average molecular weight is 138 g/mol. The quantitative estimate of drug-likeness (QED) is 0.586. The summed E-state index contributed by atoms with van der Waals surface area (Å²) in [6.45, 7) is 2.38. The van der Waals surface area contributed by atoms with Gasteiger partial charge >= 0.3 is 0 Å². The van der Waals surface area contributed by atoms with Crippen LogP contribution in [0, 0.1) is 0 Å². The summed E-state index contributed by atoms with van der Waals surface area (Å²) in [7, 11) is 0. The summed E-state index contributed by atoms with van der Waals surface area (Å²) in [4.78, 5) is 2.32. The van der Waals surface area contributed by atoms with Gasteiger partial charge in [-0.05, 0) is 31.3 Å². The normalized spacial score (nSPS) is 23.6. The molecule has 2 heteroatoms. The standard InChI is InChI=1S/C8H14N2/c9-8(7-3-4-7)10-5-1-2-6-10/h1-6,9H2. The molecule has 2 rings (SSSR count). The van der Waals surface area contributed by atoms with Crippen molar-refractivity contribution < 1.29 is 0 Å². The summed E-state index contributed by atoms with van der Waals surface area (Å²) in [6, 6.07) is 0. The minimum atomic E-state index is 1.09. The predicted octanol–water partition coefficient (Wildman–Crippen LogP) is 1.05. The molecule has 2 fully saturated rings. The van der Waals surface area contributed by atoms with E-state index in [9.17, 15) is 0 Å². The Kier molecular flexibility index (Phi) is 1.33. The molecule has 0 radical (unpaired) electrons. The molecule has 0 amide bonds. The Morgan fingerprint density at radius 1 is 1.20 bits per heavy atom. The minimum Gasteiger partial charge on any atom is -0.385 e. The topological polar surface area (TPSA) is 29.3 Å². The van der Waals surface area contributed by atoms with E-state index in [0.29, 0.717) is 0 Å². The highest BCUT2D eigenvalue weighted by Crippen LogP contribution is 2.31. The number of nitrogens with zero attached hydrogens (tertiary/aromatic N) is 1. The van der Waals surface area contributed by atoms with E-state index in [1.807, 2.05) is 0 Å². The van der Waals surface area contributed by atoms with Crippen LogP contribution < -0.4 is 5.73 Å². The maximum absolute atomic E-state index is 5.89. The van der Waals surface area contributed by atoms with Crippen LogP contribution in [0.3, 0.4) is 0 Å². The van der Waals surface area contributed by atoms with Crippen LogP contribution in [0.15, 0.2) is 11.4 Å². The zero-order chi connectivity index (χ0) is 6.97. The second kappa shape index (κ2) is 2.19. The summed E-state index contributed by atoms with van der Waals surface area (Å²) in [5.74, 6) is 1.09. The van der Waals surface area contributed by atoms with Crippen molar-refractivity contribution in [2.75, 3.05) is 13.1 Å². The Morgan fingerprint density at radius 3 is 2.30 bits per heavy atom. The van der Waals surface area contributed by atoms with Gasteiger partial charge in [0.15, 0.2) is 0 Å². The van der Waals surface area contributed by atoms with Crippen molar-refractivity contribution in [2.45, 2.75) is 25.7 Å². The van der Waals surface area contributed by atoms with Gasteiger partial charge < -0.3 is 10.6 Å². The molecule has 0 aromatic rings. The van der Waals surface area contributed by atoms with E-state index < -0.39 is 0 Å². The van der Waals surface area contributed by atoms with Gasteiger partial charge in [0.05, 0.1) is 5.82 Å². The second-order valence-corrected chi connectivity index (χ2v) is 3.18. The van der Waals surface area contributed by atoms with Crippen LogP contribution in [0.25, 0.3) is 0 Å². The maximum atomic E-state index is 5.89. The third kappa shape index (κ3) is 0.981. The van der Waals surface area contributed by atoms with Crippen molar-refractivity contribution in [2.24, 2.45) is 5.73 Å². The van der Waals surface area contributed by atoms with Crippen molar-refractivity contribution >= 4 is 0 Å². The van der Waals surface area contributed by atoms with Gasteiger partial charge in [0, 0.05) is 13.1 Å². The maximum Gasteiger partial charge on any atom is 0.0978 e. The Labute approximate surface area is 61.7 Å². The molecule has 10 heavy (non-hydrogen) atoms. The Morgan fingerprint density at radius 2 is 1.80 bits per heavy atom. The minimum absolute atomic E-state index is 1.09. The van der Waals surface area contributed by atoms with E-state index in [2.05, 4.69) is 4.90 Å². The molecule has 1 saturated heterocycles. The molecule has 0 aromatic carbocycles. The Hall–Kier alpha value is -0.660. The van der Waals surface area contributed by atoms with Crippen LogP contribution in [0.1, 0.15) is 25.7 Å². The predicted molar refractivity (Wildman–Crippen MR) is 41.3 cm³/mol. The van der Waals surface area contributed by atoms with E-state index in [1.54, 1.807) is 0 Å². The third-order valence-corrected chi connectivity index (χ3v) is 2.31. The van der Waals surface area contributed by atoms with E-state index >= 15 is 0 Å². The van der Waals surface area contributed by atoms with Gasteiger partial charge in [-0.3, -0.25) is 0 Å². The second-order valence-electron chi connectivity index (χ2n) is 3.18. The van der Waals surface area contributed by atoms with Gasteiger partial charge in [0.2, 0.25) is 0 Å². The lowest BCUT2D eigenvalue weighted by molar-refractivity contribution is 0.419. The first-order valence-corrected chi connectivity index (χ1v) is 4.10.